The van der Waals surface area contributed by atoms with Crippen molar-refractivity contribution in [2.75, 3.05) is 6.54 Å². The summed E-state index contributed by atoms with van der Waals surface area (Å²) in [5.41, 5.74) is 7.41. The highest BCUT2D eigenvalue weighted by Gasteiger charge is 2.33. The fourth-order valence-electron chi connectivity index (χ4n) is 5.47. The van der Waals surface area contributed by atoms with E-state index in [0.717, 1.165) is 57.4 Å². The summed E-state index contributed by atoms with van der Waals surface area (Å²) in [7, 11) is 0. The Morgan fingerprint density at radius 1 is 0.838 bits per heavy atom. The lowest BCUT2D eigenvalue weighted by atomic mass is 10.0. The van der Waals surface area contributed by atoms with Gasteiger partial charge in [0, 0.05) is 28.4 Å². The number of likely N-dealkylation sites (tertiary alicyclic amines) is 1. The van der Waals surface area contributed by atoms with Crippen LogP contribution in [0.2, 0.25) is 0 Å². The lowest BCUT2D eigenvalue weighted by molar-refractivity contribution is 0.0910. The van der Waals surface area contributed by atoms with Gasteiger partial charge < -0.3 is 14.7 Å². The zero-order valence-electron chi connectivity index (χ0n) is 20.3. The molecule has 1 fully saturated rings. The number of carbonyl (C=O) groups is 1. The molecule has 1 aliphatic rings. The van der Waals surface area contributed by atoms with Gasteiger partial charge in [-0.3, -0.25) is 4.90 Å². The number of benzene rings is 4. The van der Waals surface area contributed by atoms with Crippen molar-refractivity contribution in [1.82, 2.24) is 19.9 Å². The Hall–Kier alpha value is -4.58. The van der Waals surface area contributed by atoms with E-state index in [1.54, 1.807) is 4.90 Å². The Kier molecular flexibility index (Phi) is 5.17. The molecule has 0 aliphatic carbocycles. The summed E-state index contributed by atoms with van der Waals surface area (Å²) < 4.78 is 5.62. The van der Waals surface area contributed by atoms with E-state index in [-0.39, 0.29) is 18.7 Å². The molecule has 0 saturated carbocycles. The summed E-state index contributed by atoms with van der Waals surface area (Å²) in [6.07, 6.45) is 1.50. The molecule has 4 aromatic carbocycles. The Labute approximate surface area is 213 Å². The van der Waals surface area contributed by atoms with Gasteiger partial charge >= 0.3 is 6.09 Å². The Morgan fingerprint density at radius 3 is 2.54 bits per heavy atom. The maximum Gasteiger partial charge on any atom is 0.410 e. The van der Waals surface area contributed by atoms with Crippen LogP contribution in [0, 0.1) is 0 Å². The molecule has 2 N–H and O–H groups in total. The van der Waals surface area contributed by atoms with Crippen molar-refractivity contribution in [3.63, 3.8) is 0 Å². The predicted molar refractivity (Wildman–Crippen MR) is 146 cm³/mol. The summed E-state index contributed by atoms with van der Waals surface area (Å²) in [4.78, 5) is 26.5. The Morgan fingerprint density at radius 2 is 1.62 bits per heavy atom. The third kappa shape index (κ3) is 3.91. The number of aromatic nitrogens is 3. The number of nitrogens with one attached hydrogen (secondary N) is 2. The van der Waals surface area contributed by atoms with Crippen LogP contribution in [0.5, 0.6) is 0 Å². The van der Waals surface area contributed by atoms with Gasteiger partial charge in [-0.05, 0) is 59.9 Å². The van der Waals surface area contributed by atoms with E-state index in [9.17, 15) is 4.79 Å². The fraction of sp³-hybridized carbons (Fsp3) is 0.161. The van der Waals surface area contributed by atoms with E-state index in [4.69, 9.17) is 9.72 Å². The van der Waals surface area contributed by atoms with Gasteiger partial charge in [0.05, 0.1) is 17.1 Å². The molecule has 1 saturated heterocycles. The predicted octanol–water partition coefficient (Wildman–Crippen LogP) is 7.34. The average Bonchev–Trinajstić information content (AvgIpc) is 3.68. The molecule has 1 atom stereocenters. The lowest BCUT2D eigenvalue weighted by Gasteiger charge is -2.22. The van der Waals surface area contributed by atoms with Crippen LogP contribution in [0.1, 0.15) is 30.3 Å². The maximum absolute atomic E-state index is 12.9. The normalized spacial score (nSPS) is 15.7. The molecule has 3 heterocycles. The van der Waals surface area contributed by atoms with Crippen molar-refractivity contribution in [2.45, 2.75) is 25.5 Å². The number of H-pyrrole nitrogens is 2. The monoisotopic (exact) mass is 486 g/mol. The molecule has 7 rings (SSSR count). The van der Waals surface area contributed by atoms with Gasteiger partial charge in [-0.15, -0.1) is 0 Å². The number of ether oxygens (including phenoxy) is 1. The molecule has 2 aromatic heterocycles. The van der Waals surface area contributed by atoms with Crippen molar-refractivity contribution in [3.8, 4) is 11.1 Å². The number of rotatable bonds is 4. The van der Waals surface area contributed by atoms with Gasteiger partial charge in [-0.2, -0.15) is 0 Å². The number of aromatic amines is 2. The first-order chi connectivity index (χ1) is 18.2. The van der Waals surface area contributed by atoms with Crippen LogP contribution < -0.4 is 0 Å². The van der Waals surface area contributed by atoms with Crippen LogP contribution in [0.25, 0.3) is 44.0 Å². The largest absolute Gasteiger partial charge is 0.445 e. The quantitative estimate of drug-likeness (QED) is 0.274. The highest BCUT2D eigenvalue weighted by molar-refractivity contribution is 6.08. The van der Waals surface area contributed by atoms with E-state index < -0.39 is 0 Å². The topological polar surface area (TPSA) is 74.0 Å². The van der Waals surface area contributed by atoms with Crippen LogP contribution in [-0.2, 0) is 11.3 Å². The molecular formula is C31H26N4O2. The van der Waals surface area contributed by atoms with Crippen molar-refractivity contribution in [1.29, 1.82) is 0 Å². The Balaban J connectivity index is 1.16. The number of fused-ring (bicyclic) bond motifs is 4. The highest BCUT2D eigenvalue weighted by Crippen LogP contribution is 2.34. The van der Waals surface area contributed by atoms with Gasteiger partial charge in [-0.1, -0.05) is 60.7 Å². The van der Waals surface area contributed by atoms with Crippen LogP contribution in [0.3, 0.4) is 0 Å². The van der Waals surface area contributed by atoms with Crippen molar-refractivity contribution in [3.05, 3.63) is 102 Å². The molecule has 0 radical (unpaired) electrons. The van der Waals surface area contributed by atoms with Gasteiger partial charge in [-0.25, -0.2) is 9.78 Å². The lowest BCUT2D eigenvalue weighted by Crippen LogP contribution is -2.31. The van der Waals surface area contributed by atoms with Crippen LogP contribution in [0.4, 0.5) is 4.79 Å². The molecular weight excluding hydrogens is 460 g/mol. The minimum atomic E-state index is -0.292. The molecule has 0 unspecified atom stereocenters. The van der Waals surface area contributed by atoms with Crippen molar-refractivity contribution < 1.29 is 9.53 Å². The number of hydrogen-bond donors (Lipinski definition) is 2. The first-order valence-electron chi connectivity index (χ1n) is 12.7. The fourth-order valence-corrected chi connectivity index (χ4v) is 5.47. The summed E-state index contributed by atoms with van der Waals surface area (Å²) in [5, 5.41) is 2.44. The third-order valence-electron chi connectivity index (χ3n) is 7.35. The van der Waals surface area contributed by atoms with E-state index in [2.05, 4.69) is 70.6 Å². The van der Waals surface area contributed by atoms with E-state index in [0.29, 0.717) is 6.54 Å². The molecule has 182 valence electrons. The van der Waals surface area contributed by atoms with E-state index in [1.165, 1.54) is 10.8 Å². The van der Waals surface area contributed by atoms with E-state index >= 15 is 0 Å². The summed E-state index contributed by atoms with van der Waals surface area (Å²) in [5.74, 6) is 0.813. The first kappa shape index (κ1) is 21.7. The first-order valence-corrected chi connectivity index (χ1v) is 12.7. The van der Waals surface area contributed by atoms with Gasteiger partial charge in [0.2, 0.25) is 0 Å². The number of nitrogens with zero attached hydrogens (tertiary/aromatic N) is 2. The molecule has 1 aliphatic heterocycles. The summed E-state index contributed by atoms with van der Waals surface area (Å²) in [6.45, 7) is 0.943. The molecule has 37 heavy (non-hydrogen) atoms. The van der Waals surface area contributed by atoms with Crippen molar-refractivity contribution in [2.24, 2.45) is 0 Å². The van der Waals surface area contributed by atoms with Crippen LogP contribution in [-0.4, -0.2) is 32.5 Å². The number of hydrogen-bond acceptors (Lipinski definition) is 3. The SMILES string of the molecule is O=C(OCc1ccccc1)N1CCC[C@H]1c1nc2ccc(-c3ccc4[nH]c5ccccc5c4c3)cc2[nH]1. The van der Waals surface area contributed by atoms with E-state index in [1.807, 2.05) is 30.3 Å². The summed E-state index contributed by atoms with van der Waals surface area (Å²) >= 11 is 0. The molecule has 6 aromatic rings. The van der Waals surface area contributed by atoms with Crippen molar-refractivity contribution >= 4 is 38.9 Å². The third-order valence-corrected chi connectivity index (χ3v) is 7.35. The second-order valence-corrected chi connectivity index (χ2v) is 9.68. The average molecular weight is 487 g/mol. The molecule has 6 nitrogen and oxygen atoms in total. The number of imidazole rings is 1. The zero-order chi connectivity index (χ0) is 24.8. The zero-order valence-corrected chi connectivity index (χ0v) is 20.3. The van der Waals surface area contributed by atoms with Crippen LogP contribution in [0.15, 0.2) is 91.0 Å². The second-order valence-electron chi connectivity index (χ2n) is 9.68. The number of carbonyl (C=O) groups excluding carboxylic acids is 1. The number of para-hydroxylation sites is 1. The minimum Gasteiger partial charge on any atom is -0.445 e. The summed E-state index contributed by atoms with van der Waals surface area (Å²) in [6, 6.07) is 30.9. The van der Waals surface area contributed by atoms with Crippen LogP contribution >= 0.6 is 0 Å². The second kappa shape index (κ2) is 8.82. The minimum absolute atomic E-state index is 0.110. The molecule has 6 heteroatoms. The molecule has 1 amide bonds. The maximum atomic E-state index is 12.9. The highest BCUT2D eigenvalue weighted by atomic mass is 16.6. The smallest absolute Gasteiger partial charge is 0.410 e. The molecule has 0 bridgehead atoms. The standard InChI is InChI=1S/C31H26N4O2/c36-31(37-19-20-7-2-1-3-8-20)35-16-6-11-29(35)30-33-27-15-13-22(18-28(27)34-30)21-12-14-26-24(17-21)23-9-4-5-10-25(23)32-26/h1-5,7-10,12-15,17-18,29,32H,6,11,16,19H2,(H,33,34)/t29-/m0/s1. The Bertz CT molecular complexity index is 1750. The molecule has 0 spiro atoms. The number of amides is 1. The van der Waals surface area contributed by atoms with Gasteiger partial charge in [0.1, 0.15) is 12.4 Å². The van der Waals surface area contributed by atoms with Gasteiger partial charge in [0.15, 0.2) is 0 Å². The van der Waals surface area contributed by atoms with Gasteiger partial charge in [0.25, 0.3) is 0 Å².